The Labute approximate surface area is 70.0 Å². The minimum Gasteiger partial charge on any atom is -0.103 e. The lowest BCUT2D eigenvalue weighted by molar-refractivity contribution is 0.810. The molecule has 0 saturated heterocycles. The van der Waals surface area contributed by atoms with Crippen molar-refractivity contribution >= 4 is 0 Å². The van der Waals surface area contributed by atoms with E-state index >= 15 is 0 Å². The molecule has 0 amide bonds. The van der Waals surface area contributed by atoms with Crippen LogP contribution in [0.4, 0.5) is 0 Å². The lowest BCUT2D eigenvalue weighted by Gasteiger charge is -1.87. The van der Waals surface area contributed by atoms with Gasteiger partial charge in [0.25, 0.3) is 0 Å². The molecule has 1 fully saturated rings. The zero-order valence-electron chi connectivity index (χ0n) is 7.42. The number of hydrogen-bond acceptors (Lipinski definition) is 0. The van der Waals surface area contributed by atoms with Crippen LogP contribution in [0.1, 0.15) is 32.6 Å². The molecule has 1 saturated carbocycles. The first-order chi connectivity index (χ1) is 5.38. The van der Waals surface area contributed by atoms with Crippen molar-refractivity contribution in [1.82, 2.24) is 0 Å². The lowest BCUT2D eigenvalue weighted by atomic mass is 10.2. The normalized spacial score (nSPS) is 29.2. The van der Waals surface area contributed by atoms with Crippen LogP contribution >= 0.6 is 0 Å². The monoisotopic (exact) mass is 150 g/mol. The zero-order valence-corrected chi connectivity index (χ0v) is 7.42. The van der Waals surface area contributed by atoms with Gasteiger partial charge in [-0.1, -0.05) is 38.0 Å². The van der Waals surface area contributed by atoms with E-state index in [4.69, 9.17) is 0 Å². The van der Waals surface area contributed by atoms with Gasteiger partial charge in [-0.15, -0.1) is 6.58 Å². The second-order valence-corrected chi connectivity index (χ2v) is 3.37. The highest BCUT2D eigenvalue weighted by atomic mass is 14.3. The summed E-state index contributed by atoms with van der Waals surface area (Å²) >= 11 is 0. The van der Waals surface area contributed by atoms with Gasteiger partial charge in [0.2, 0.25) is 0 Å². The largest absolute Gasteiger partial charge is 0.103 e. The topological polar surface area (TPSA) is 0 Å². The predicted molar refractivity (Wildman–Crippen MR) is 50.5 cm³/mol. The van der Waals surface area contributed by atoms with Crippen LogP contribution in [0.3, 0.4) is 0 Å². The predicted octanol–water partition coefficient (Wildman–Crippen LogP) is 3.55. The molecular formula is C11H18. The molecule has 2 atom stereocenters. The Morgan fingerprint density at radius 3 is 2.82 bits per heavy atom. The molecule has 0 N–H and O–H groups in total. The van der Waals surface area contributed by atoms with Crippen molar-refractivity contribution in [3.8, 4) is 0 Å². The quantitative estimate of drug-likeness (QED) is 0.415. The molecule has 0 heterocycles. The summed E-state index contributed by atoms with van der Waals surface area (Å²) in [6, 6.07) is 0. The number of rotatable bonds is 5. The molecule has 0 nitrogen and oxygen atoms in total. The van der Waals surface area contributed by atoms with Crippen molar-refractivity contribution in [2.75, 3.05) is 0 Å². The molecule has 0 aromatic rings. The Balaban J connectivity index is 2.03. The van der Waals surface area contributed by atoms with Crippen molar-refractivity contribution in [3.05, 3.63) is 24.8 Å². The Morgan fingerprint density at radius 1 is 1.45 bits per heavy atom. The van der Waals surface area contributed by atoms with Crippen LogP contribution in [0.5, 0.6) is 0 Å². The van der Waals surface area contributed by atoms with Crippen LogP contribution in [-0.2, 0) is 0 Å². The van der Waals surface area contributed by atoms with Crippen LogP contribution in [0.25, 0.3) is 0 Å². The van der Waals surface area contributed by atoms with Gasteiger partial charge in [0.1, 0.15) is 0 Å². The molecule has 0 unspecified atom stereocenters. The molecule has 0 heteroatoms. The molecule has 1 rings (SSSR count). The Bertz CT molecular complexity index is 144. The van der Waals surface area contributed by atoms with Crippen LogP contribution in [0.2, 0.25) is 0 Å². The van der Waals surface area contributed by atoms with Gasteiger partial charge in [-0.05, 0) is 24.7 Å². The van der Waals surface area contributed by atoms with E-state index in [0.717, 1.165) is 11.8 Å². The summed E-state index contributed by atoms with van der Waals surface area (Å²) in [4.78, 5) is 0. The average molecular weight is 150 g/mol. The first-order valence-corrected chi connectivity index (χ1v) is 4.67. The number of hydrogen-bond donors (Lipinski definition) is 0. The third-order valence-corrected chi connectivity index (χ3v) is 2.30. The first-order valence-electron chi connectivity index (χ1n) is 4.67. The molecular weight excluding hydrogens is 132 g/mol. The first kappa shape index (κ1) is 8.58. The summed E-state index contributed by atoms with van der Waals surface area (Å²) in [7, 11) is 0. The van der Waals surface area contributed by atoms with Gasteiger partial charge < -0.3 is 0 Å². The summed E-state index contributed by atoms with van der Waals surface area (Å²) < 4.78 is 0. The molecule has 1 aliphatic carbocycles. The van der Waals surface area contributed by atoms with Crippen molar-refractivity contribution in [2.45, 2.75) is 32.6 Å². The van der Waals surface area contributed by atoms with E-state index < -0.39 is 0 Å². The smallest absolute Gasteiger partial charge is 0.0165 e. The maximum atomic E-state index is 3.78. The van der Waals surface area contributed by atoms with Gasteiger partial charge in [-0.2, -0.15) is 0 Å². The highest BCUT2D eigenvalue weighted by Gasteiger charge is 2.31. The minimum atomic E-state index is 0.799. The molecule has 0 aliphatic heterocycles. The van der Waals surface area contributed by atoms with E-state index in [2.05, 4.69) is 31.7 Å². The fourth-order valence-electron chi connectivity index (χ4n) is 1.32. The molecule has 1 aliphatic rings. The van der Waals surface area contributed by atoms with Crippen molar-refractivity contribution in [2.24, 2.45) is 11.8 Å². The van der Waals surface area contributed by atoms with Gasteiger partial charge in [0.05, 0.1) is 0 Å². The average Bonchev–Trinajstić information content (AvgIpc) is 2.77. The SMILES string of the molecule is C=C[C@@H]1C[C@@H]1/C=C\CCCC. The maximum Gasteiger partial charge on any atom is -0.0165 e. The molecule has 62 valence electrons. The number of allylic oxidation sites excluding steroid dienone is 3. The Hall–Kier alpha value is -0.520. The van der Waals surface area contributed by atoms with E-state index in [1.54, 1.807) is 0 Å². The van der Waals surface area contributed by atoms with Gasteiger partial charge in [0.15, 0.2) is 0 Å². The minimum absolute atomic E-state index is 0.799. The Kier molecular flexibility index (Phi) is 3.41. The standard InChI is InChI=1S/C11H18/c1-3-5-6-7-8-11-9-10(11)4-2/h4,7-8,10-11H,2-3,5-6,9H2,1H3/b8-7-/t10-,11+/m1/s1. The molecule has 0 aromatic carbocycles. The molecule has 0 radical (unpaired) electrons. The molecule has 0 aromatic heterocycles. The van der Waals surface area contributed by atoms with E-state index in [1.807, 2.05) is 0 Å². The van der Waals surface area contributed by atoms with Gasteiger partial charge in [0, 0.05) is 0 Å². The zero-order chi connectivity index (χ0) is 8.10. The van der Waals surface area contributed by atoms with Gasteiger partial charge in [-0.25, -0.2) is 0 Å². The third kappa shape index (κ3) is 2.92. The number of unbranched alkanes of at least 4 members (excludes halogenated alkanes) is 2. The molecule has 0 spiro atoms. The fraction of sp³-hybridized carbons (Fsp3) is 0.636. The lowest BCUT2D eigenvalue weighted by Crippen LogP contribution is -1.71. The molecule has 11 heavy (non-hydrogen) atoms. The van der Waals surface area contributed by atoms with Crippen molar-refractivity contribution < 1.29 is 0 Å². The maximum absolute atomic E-state index is 3.78. The van der Waals surface area contributed by atoms with Gasteiger partial charge >= 0.3 is 0 Å². The van der Waals surface area contributed by atoms with Crippen LogP contribution in [-0.4, -0.2) is 0 Å². The summed E-state index contributed by atoms with van der Waals surface area (Å²) in [5, 5.41) is 0. The van der Waals surface area contributed by atoms with E-state index in [9.17, 15) is 0 Å². The summed E-state index contributed by atoms with van der Waals surface area (Å²) in [5.74, 6) is 1.64. The second-order valence-electron chi connectivity index (χ2n) is 3.37. The summed E-state index contributed by atoms with van der Waals surface area (Å²) in [6.07, 6.45) is 12.0. The summed E-state index contributed by atoms with van der Waals surface area (Å²) in [5.41, 5.74) is 0. The second kappa shape index (κ2) is 4.38. The van der Waals surface area contributed by atoms with Crippen molar-refractivity contribution in [1.29, 1.82) is 0 Å². The summed E-state index contributed by atoms with van der Waals surface area (Å²) in [6.45, 7) is 6.02. The van der Waals surface area contributed by atoms with E-state index in [0.29, 0.717) is 0 Å². The van der Waals surface area contributed by atoms with Crippen LogP contribution < -0.4 is 0 Å². The Morgan fingerprint density at radius 2 is 2.27 bits per heavy atom. The van der Waals surface area contributed by atoms with E-state index in [1.165, 1.54) is 25.7 Å². The van der Waals surface area contributed by atoms with E-state index in [-0.39, 0.29) is 0 Å². The van der Waals surface area contributed by atoms with Crippen molar-refractivity contribution in [3.63, 3.8) is 0 Å². The van der Waals surface area contributed by atoms with Crippen LogP contribution in [0.15, 0.2) is 24.8 Å². The highest BCUT2D eigenvalue weighted by molar-refractivity contribution is 5.08. The third-order valence-electron chi connectivity index (χ3n) is 2.30. The van der Waals surface area contributed by atoms with Crippen LogP contribution in [0, 0.1) is 11.8 Å². The van der Waals surface area contributed by atoms with Gasteiger partial charge in [-0.3, -0.25) is 0 Å². The molecule has 0 bridgehead atoms. The fourth-order valence-corrected chi connectivity index (χ4v) is 1.32. The highest BCUT2D eigenvalue weighted by Crippen LogP contribution is 2.40.